The standard InChI is InChI=1S/C18H30N2O3/c21-16(20-11-10-17(14-20)6-2-1-3-7-17)19-15-4-8-18(9-5-15)22-12-13-23-18/h15H,1-14H2,(H,19,21). The Labute approximate surface area is 139 Å². The van der Waals surface area contributed by atoms with Crippen molar-refractivity contribution in [2.24, 2.45) is 5.41 Å². The van der Waals surface area contributed by atoms with Crippen LogP contribution in [0.25, 0.3) is 0 Å². The molecular formula is C18H30N2O3. The summed E-state index contributed by atoms with van der Waals surface area (Å²) in [5.74, 6) is -0.332. The van der Waals surface area contributed by atoms with E-state index in [1.807, 2.05) is 0 Å². The van der Waals surface area contributed by atoms with Gasteiger partial charge < -0.3 is 19.7 Å². The van der Waals surface area contributed by atoms with E-state index in [1.54, 1.807) is 0 Å². The Balaban J connectivity index is 1.26. The van der Waals surface area contributed by atoms with Crippen molar-refractivity contribution in [1.82, 2.24) is 10.2 Å². The molecule has 2 aliphatic carbocycles. The third kappa shape index (κ3) is 3.22. The van der Waals surface area contributed by atoms with Gasteiger partial charge in [0.2, 0.25) is 0 Å². The highest BCUT2D eigenvalue weighted by Crippen LogP contribution is 2.43. The normalized spacial score (nSPS) is 30.2. The summed E-state index contributed by atoms with van der Waals surface area (Å²) in [5, 5.41) is 3.27. The lowest BCUT2D eigenvalue weighted by Crippen LogP contribution is -2.48. The van der Waals surface area contributed by atoms with Gasteiger partial charge in [-0.3, -0.25) is 0 Å². The quantitative estimate of drug-likeness (QED) is 0.807. The fraction of sp³-hybridized carbons (Fsp3) is 0.944. The Morgan fingerprint density at radius 1 is 0.957 bits per heavy atom. The number of urea groups is 1. The smallest absolute Gasteiger partial charge is 0.317 e. The topological polar surface area (TPSA) is 50.8 Å². The molecule has 2 aliphatic heterocycles. The number of hydrogen-bond donors (Lipinski definition) is 1. The van der Waals surface area contributed by atoms with Crippen LogP contribution in [-0.4, -0.2) is 49.1 Å². The molecule has 5 nitrogen and oxygen atoms in total. The van der Waals surface area contributed by atoms with Gasteiger partial charge in [-0.25, -0.2) is 4.79 Å². The van der Waals surface area contributed by atoms with Gasteiger partial charge in [-0.2, -0.15) is 0 Å². The summed E-state index contributed by atoms with van der Waals surface area (Å²) in [5.41, 5.74) is 0.442. The molecular weight excluding hydrogens is 292 g/mol. The molecule has 4 fully saturated rings. The summed E-state index contributed by atoms with van der Waals surface area (Å²) in [6.45, 7) is 3.34. The number of hydrogen-bond acceptors (Lipinski definition) is 3. The van der Waals surface area contributed by atoms with Gasteiger partial charge in [-0.15, -0.1) is 0 Å². The maximum atomic E-state index is 12.6. The van der Waals surface area contributed by atoms with Gasteiger partial charge in [0, 0.05) is 32.0 Å². The van der Waals surface area contributed by atoms with E-state index in [9.17, 15) is 4.79 Å². The van der Waals surface area contributed by atoms with Crippen LogP contribution in [0.3, 0.4) is 0 Å². The molecule has 0 aromatic rings. The molecule has 4 aliphatic rings. The number of likely N-dealkylation sites (tertiary alicyclic amines) is 1. The fourth-order valence-electron chi connectivity index (χ4n) is 5.07. The van der Waals surface area contributed by atoms with E-state index in [4.69, 9.17) is 9.47 Å². The van der Waals surface area contributed by atoms with Gasteiger partial charge in [0.1, 0.15) is 0 Å². The van der Waals surface area contributed by atoms with Crippen LogP contribution in [0, 0.1) is 5.41 Å². The van der Waals surface area contributed by atoms with Gasteiger partial charge in [-0.05, 0) is 37.5 Å². The van der Waals surface area contributed by atoms with E-state index >= 15 is 0 Å². The number of amides is 2. The Bertz CT molecular complexity index is 432. The summed E-state index contributed by atoms with van der Waals surface area (Å²) in [6, 6.07) is 0.436. The van der Waals surface area contributed by atoms with E-state index in [-0.39, 0.29) is 17.9 Å². The van der Waals surface area contributed by atoms with E-state index in [0.717, 1.165) is 38.8 Å². The molecule has 23 heavy (non-hydrogen) atoms. The molecule has 5 heteroatoms. The van der Waals surface area contributed by atoms with Crippen LogP contribution in [0.1, 0.15) is 64.2 Å². The maximum Gasteiger partial charge on any atom is 0.317 e. The van der Waals surface area contributed by atoms with Crippen LogP contribution in [0.2, 0.25) is 0 Å². The van der Waals surface area contributed by atoms with Gasteiger partial charge in [0.25, 0.3) is 0 Å². The summed E-state index contributed by atoms with van der Waals surface area (Å²) < 4.78 is 11.5. The molecule has 0 unspecified atom stereocenters. The van der Waals surface area contributed by atoms with E-state index in [1.165, 1.54) is 38.5 Å². The summed E-state index contributed by atoms with van der Waals surface area (Å²) in [4.78, 5) is 14.7. The molecule has 2 saturated carbocycles. The summed E-state index contributed by atoms with van der Waals surface area (Å²) >= 11 is 0. The molecule has 0 radical (unpaired) electrons. The average Bonchev–Trinajstić information content (AvgIpc) is 3.19. The minimum Gasteiger partial charge on any atom is -0.348 e. The van der Waals surface area contributed by atoms with Crippen molar-refractivity contribution in [2.75, 3.05) is 26.3 Å². The molecule has 2 saturated heterocycles. The van der Waals surface area contributed by atoms with Crippen LogP contribution in [0.15, 0.2) is 0 Å². The molecule has 0 aromatic heterocycles. The molecule has 0 atom stereocenters. The maximum absolute atomic E-state index is 12.6. The number of ether oxygens (including phenoxy) is 2. The first-order chi connectivity index (χ1) is 11.2. The summed E-state index contributed by atoms with van der Waals surface area (Å²) in [6.07, 6.45) is 11.6. The first-order valence-corrected chi connectivity index (χ1v) is 9.52. The Kier molecular flexibility index (Phi) is 4.26. The molecule has 2 amide bonds. The average molecular weight is 322 g/mol. The SMILES string of the molecule is O=C(NC1CCC2(CC1)OCCO2)N1CCC2(CCCCC2)C1. The highest BCUT2D eigenvalue weighted by atomic mass is 16.7. The largest absolute Gasteiger partial charge is 0.348 e. The van der Waals surface area contributed by atoms with E-state index in [2.05, 4.69) is 10.2 Å². The molecule has 2 heterocycles. The highest BCUT2D eigenvalue weighted by Gasteiger charge is 2.43. The lowest BCUT2D eigenvalue weighted by atomic mass is 9.73. The van der Waals surface area contributed by atoms with Gasteiger partial charge in [0.15, 0.2) is 5.79 Å². The van der Waals surface area contributed by atoms with Crippen LogP contribution in [-0.2, 0) is 9.47 Å². The van der Waals surface area contributed by atoms with Crippen LogP contribution in [0.4, 0.5) is 4.79 Å². The predicted molar refractivity (Wildman–Crippen MR) is 87.1 cm³/mol. The van der Waals surface area contributed by atoms with Crippen molar-refractivity contribution in [2.45, 2.75) is 76.0 Å². The predicted octanol–water partition coefficient (Wildman–Crippen LogP) is 3.04. The number of carbonyl (C=O) groups excluding carboxylic acids is 1. The van der Waals surface area contributed by atoms with Crippen LogP contribution >= 0.6 is 0 Å². The third-order valence-corrected chi connectivity index (χ3v) is 6.53. The zero-order chi connectivity index (χ0) is 15.8. The van der Waals surface area contributed by atoms with Gasteiger partial charge in [0.05, 0.1) is 13.2 Å². The van der Waals surface area contributed by atoms with Gasteiger partial charge >= 0.3 is 6.03 Å². The third-order valence-electron chi connectivity index (χ3n) is 6.53. The zero-order valence-corrected chi connectivity index (χ0v) is 14.1. The second-order valence-corrected chi connectivity index (χ2v) is 8.06. The van der Waals surface area contributed by atoms with Crippen molar-refractivity contribution >= 4 is 6.03 Å². The Hall–Kier alpha value is -0.810. The Morgan fingerprint density at radius 2 is 1.65 bits per heavy atom. The van der Waals surface area contributed by atoms with E-state index < -0.39 is 0 Å². The fourth-order valence-corrected chi connectivity index (χ4v) is 5.07. The lowest BCUT2D eigenvalue weighted by molar-refractivity contribution is -0.179. The molecule has 0 bridgehead atoms. The monoisotopic (exact) mass is 322 g/mol. The first kappa shape index (κ1) is 15.7. The van der Waals surface area contributed by atoms with Crippen LogP contribution in [0.5, 0.6) is 0 Å². The summed E-state index contributed by atoms with van der Waals surface area (Å²) in [7, 11) is 0. The van der Waals surface area contributed by atoms with Crippen molar-refractivity contribution < 1.29 is 14.3 Å². The van der Waals surface area contributed by atoms with Crippen molar-refractivity contribution in [3.05, 3.63) is 0 Å². The Morgan fingerprint density at radius 3 is 2.35 bits per heavy atom. The van der Waals surface area contributed by atoms with Crippen LogP contribution < -0.4 is 5.32 Å². The molecule has 4 rings (SSSR count). The number of nitrogens with zero attached hydrogens (tertiary/aromatic N) is 1. The van der Waals surface area contributed by atoms with Crippen molar-refractivity contribution in [3.63, 3.8) is 0 Å². The highest BCUT2D eigenvalue weighted by molar-refractivity contribution is 5.75. The van der Waals surface area contributed by atoms with Crippen molar-refractivity contribution in [3.8, 4) is 0 Å². The lowest BCUT2D eigenvalue weighted by Gasteiger charge is -2.36. The molecule has 130 valence electrons. The first-order valence-electron chi connectivity index (χ1n) is 9.52. The van der Waals surface area contributed by atoms with Crippen molar-refractivity contribution in [1.29, 1.82) is 0 Å². The second kappa shape index (κ2) is 6.25. The molecule has 0 aromatic carbocycles. The number of rotatable bonds is 1. The number of carbonyl (C=O) groups is 1. The second-order valence-electron chi connectivity index (χ2n) is 8.06. The van der Waals surface area contributed by atoms with Gasteiger partial charge in [-0.1, -0.05) is 19.3 Å². The zero-order valence-electron chi connectivity index (χ0n) is 14.1. The minimum absolute atomic E-state index is 0.154. The number of nitrogens with one attached hydrogen (secondary N) is 1. The molecule has 2 spiro atoms. The van der Waals surface area contributed by atoms with E-state index in [0.29, 0.717) is 18.6 Å². The minimum atomic E-state index is -0.332. The molecule has 1 N–H and O–H groups in total.